The summed E-state index contributed by atoms with van der Waals surface area (Å²) in [5.41, 5.74) is 7.27. The van der Waals surface area contributed by atoms with Gasteiger partial charge in [-0.05, 0) is 19.8 Å². The Hall–Kier alpha value is -0.870. The number of ether oxygens (including phenoxy) is 1. The van der Waals surface area contributed by atoms with Gasteiger partial charge in [0.2, 0.25) is 0 Å². The highest BCUT2D eigenvalue weighted by Gasteiger charge is 2.29. The van der Waals surface area contributed by atoms with E-state index in [4.69, 9.17) is 10.5 Å². The first-order valence-corrected chi connectivity index (χ1v) is 6.10. The standard InChI is InChI=1S/C12H21N3O/c1-2-15-8-11(7-14-15)9-16-10-12(13)5-3-4-6-12/h7-8H,2-6,9-10,13H2,1H3. The summed E-state index contributed by atoms with van der Waals surface area (Å²) in [6, 6.07) is 0. The van der Waals surface area contributed by atoms with Crippen LogP contribution in [0.1, 0.15) is 38.2 Å². The molecule has 4 heteroatoms. The van der Waals surface area contributed by atoms with Gasteiger partial charge in [0.15, 0.2) is 0 Å². The summed E-state index contributed by atoms with van der Waals surface area (Å²) in [4.78, 5) is 0. The van der Waals surface area contributed by atoms with Crippen LogP contribution in [0.3, 0.4) is 0 Å². The van der Waals surface area contributed by atoms with Gasteiger partial charge in [-0.25, -0.2) is 0 Å². The smallest absolute Gasteiger partial charge is 0.0748 e. The third kappa shape index (κ3) is 2.83. The minimum atomic E-state index is -0.0687. The molecule has 1 aliphatic carbocycles. The molecule has 4 nitrogen and oxygen atoms in total. The Labute approximate surface area is 96.8 Å². The van der Waals surface area contributed by atoms with E-state index < -0.39 is 0 Å². The zero-order chi connectivity index (χ0) is 11.4. The molecule has 0 bridgehead atoms. The van der Waals surface area contributed by atoms with Gasteiger partial charge < -0.3 is 10.5 Å². The van der Waals surface area contributed by atoms with E-state index in [9.17, 15) is 0 Å². The molecule has 0 saturated heterocycles. The summed E-state index contributed by atoms with van der Waals surface area (Å²) in [6.45, 7) is 4.27. The van der Waals surface area contributed by atoms with Gasteiger partial charge in [-0.1, -0.05) is 12.8 Å². The number of aryl methyl sites for hydroxylation is 1. The van der Waals surface area contributed by atoms with Crippen LogP contribution in [-0.2, 0) is 17.9 Å². The van der Waals surface area contributed by atoms with E-state index in [1.54, 1.807) is 0 Å². The Kier molecular flexibility index (Phi) is 3.61. The second kappa shape index (κ2) is 4.97. The van der Waals surface area contributed by atoms with Crippen molar-refractivity contribution in [3.05, 3.63) is 18.0 Å². The molecule has 1 heterocycles. The highest BCUT2D eigenvalue weighted by atomic mass is 16.5. The average Bonchev–Trinajstić information content (AvgIpc) is 2.88. The molecular formula is C12H21N3O. The third-order valence-electron chi connectivity index (χ3n) is 3.27. The van der Waals surface area contributed by atoms with E-state index in [2.05, 4.69) is 12.0 Å². The molecule has 1 aliphatic rings. The van der Waals surface area contributed by atoms with Gasteiger partial charge >= 0.3 is 0 Å². The van der Waals surface area contributed by atoms with Gasteiger partial charge in [0.25, 0.3) is 0 Å². The molecule has 1 aromatic rings. The Morgan fingerprint density at radius 3 is 2.88 bits per heavy atom. The van der Waals surface area contributed by atoms with Crippen molar-refractivity contribution in [2.75, 3.05) is 6.61 Å². The first-order valence-electron chi connectivity index (χ1n) is 6.10. The normalized spacial score (nSPS) is 19.1. The molecule has 1 fully saturated rings. The molecular weight excluding hydrogens is 202 g/mol. The molecule has 2 N–H and O–H groups in total. The molecule has 0 aliphatic heterocycles. The minimum absolute atomic E-state index is 0.0687. The monoisotopic (exact) mass is 223 g/mol. The number of nitrogens with two attached hydrogens (primary N) is 1. The lowest BCUT2D eigenvalue weighted by atomic mass is 10.0. The second-order valence-electron chi connectivity index (χ2n) is 4.77. The molecule has 0 unspecified atom stereocenters. The van der Waals surface area contributed by atoms with Crippen LogP contribution in [0.4, 0.5) is 0 Å². The van der Waals surface area contributed by atoms with Crippen molar-refractivity contribution in [3.63, 3.8) is 0 Å². The van der Waals surface area contributed by atoms with Crippen molar-refractivity contribution in [1.29, 1.82) is 0 Å². The van der Waals surface area contributed by atoms with E-state index in [1.165, 1.54) is 12.8 Å². The maximum atomic E-state index is 6.21. The summed E-state index contributed by atoms with van der Waals surface area (Å²) in [5, 5.41) is 4.21. The predicted octanol–water partition coefficient (Wildman–Crippen LogP) is 1.69. The third-order valence-corrected chi connectivity index (χ3v) is 3.27. The van der Waals surface area contributed by atoms with E-state index in [-0.39, 0.29) is 5.54 Å². The van der Waals surface area contributed by atoms with Crippen LogP contribution in [0.25, 0.3) is 0 Å². The largest absolute Gasteiger partial charge is 0.375 e. The first kappa shape index (κ1) is 11.6. The van der Waals surface area contributed by atoms with Crippen LogP contribution < -0.4 is 5.73 Å². The summed E-state index contributed by atoms with van der Waals surface area (Å²) in [7, 11) is 0. The molecule has 2 rings (SSSR count). The Bertz CT molecular complexity index is 329. The number of rotatable bonds is 5. The van der Waals surface area contributed by atoms with E-state index in [0.717, 1.165) is 24.9 Å². The van der Waals surface area contributed by atoms with E-state index >= 15 is 0 Å². The minimum Gasteiger partial charge on any atom is -0.375 e. The van der Waals surface area contributed by atoms with Gasteiger partial charge in [-0.2, -0.15) is 5.10 Å². The van der Waals surface area contributed by atoms with E-state index in [1.807, 2.05) is 17.1 Å². The van der Waals surface area contributed by atoms with Crippen LogP contribution in [0.2, 0.25) is 0 Å². The molecule has 0 atom stereocenters. The Balaban J connectivity index is 1.75. The Morgan fingerprint density at radius 1 is 1.50 bits per heavy atom. The van der Waals surface area contributed by atoms with E-state index in [0.29, 0.717) is 13.2 Å². The fourth-order valence-corrected chi connectivity index (χ4v) is 2.25. The van der Waals surface area contributed by atoms with Gasteiger partial charge in [0.1, 0.15) is 0 Å². The maximum Gasteiger partial charge on any atom is 0.0748 e. The molecule has 0 amide bonds. The number of nitrogens with zero attached hydrogens (tertiary/aromatic N) is 2. The van der Waals surface area contributed by atoms with Crippen LogP contribution in [0.15, 0.2) is 12.4 Å². The SMILES string of the molecule is CCn1cc(COCC2(N)CCCC2)cn1. The molecule has 0 radical (unpaired) electrons. The predicted molar refractivity (Wildman–Crippen MR) is 62.9 cm³/mol. The van der Waals surface area contributed by atoms with Crippen LogP contribution in [0.5, 0.6) is 0 Å². The lowest BCUT2D eigenvalue weighted by Crippen LogP contribution is -2.41. The zero-order valence-corrected chi connectivity index (χ0v) is 9.98. The molecule has 1 aromatic heterocycles. The van der Waals surface area contributed by atoms with Crippen molar-refractivity contribution < 1.29 is 4.74 Å². The maximum absolute atomic E-state index is 6.21. The van der Waals surface area contributed by atoms with Gasteiger partial charge in [-0.3, -0.25) is 4.68 Å². The zero-order valence-electron chi connectivity index (χ0n) is 9.98. The van der Waals surface area contributed by atoms with Crippen molar-refractivity contribution >= 4 is 0 Å². The average molecular weight is 223 g/mol. The fraction of sp³-hybridized carbons (Fsp3) is 0.750. The number of hydrogen-bond acceptors (Lipinski definition) is 3. The van der Waals surface area contributed by atoms with Crippen molar-refractivity contribution in [2.45, 2.75) is 51.3 Å². The molecule has 16 heavy (non-hydrogen) atoms. The van der Waals surface area contributed by atoms with Crippen molar-refractivity contribution in [2.24, 2.45) is 5.73 Å². The van der Waals surface area contributed by atoms with Crippen LogP contribution in [-0.4, -0.2) is 21.9 Å². The summed E-state index contributed by atoms with van der Waals surface area (Å²) in [6.07, 6.45) is 8.57. The second-order valence-corrected chi connectivity index (χ2v) is 4.77. The number of hydrogen-bond donors (Lipinski definition) is 1. The van der Waals surface area contributed by atoms with Crippen molar-refractivity contribution in [3.8, 4) is 0 Å². The quantitative estimate of drug-likeness (QED) is 0.826. The van der Waals surface area contributed by atoms with Crippen molar-refractivity contribution in [1.82, 2.24) is 9.78 Å². The van der Waals surface area contributed by atoms with Crippen LogP contribution >= 0.6 is 0 Å². The molecule has 0 aromatic carbocycles. The van der Waals surface area contributed by atoms with Crippen LogP contribution in [0, 0.1) is 0 Å². The summed E-state index contributed by atoms with van der Waals surface area (Å²) >= 11 is 0. The molecule has 0 spiro atoms. The highest BCUT2D eigenvalue weighted by molar-refractivity contribution is 5.02. The summed E-state index contributed by atoms with van der Waals surface area (Å²) < 4.78 is 7.60. The molecule has 1 saturated carbocycles. The Morgan fingerprint density at radius 2 is 2.25 bits per heavy atom. The van der Waals surface area contributed by atoms with Gasteiger partial charge in [0, 0.05) is 23.8 Å². The van der Waals surface area contributed by atoms with Gasteiger partial charge in [-0.15, -0.1) is 0 Å². The topological polar surface area (TPSA) is 53.1 Å². The lowest BCUT2D eigenvalue weighted by molar-refractivity contribution is 0.0750. The molecule has 90 valence electrons. The lowest BCUT2D eigenvalue weighted by Gasteiger charge is -2.22. The highest BCUT2D eigenvalue weighted by Crippen LogP contribution is 2.27. The summed E-state index contributed by atoms with van der Waals surface area (Å²) in [5.74, 6) is 0. The first-order chi connectivity index (χ1) is 7.72. The fourth-order valence-electron chi connectivity index (χ4n) is 2.25. The van der Waals surface area contributed by atoms with Gasteiger partial charge in [0.05, 0.1) is 19.4 Å². The number of aromatic nitrogens is 2.